The molecule has 0 bridgehead atoms. The van der Waals surface area contributed by atoms with E-state index in [4.69, 9.17) is 4.74 Å². The molecule has 0 saturated carbocycles. The predicted octanol–water partition coefficient (Wildman–Crippen LogP) is 3.44. The summed E-state index contributed by atoms with van der Waals surface area (Å²) in [6.45, 7) is 3.38. The molecule has 2 aromatic rings. The van der Waals surface area contributed by atoms with Crippen LogP contribution in [0.5, 0.6) is 0 Å². The SMILES string of the molecule is C=Cc1ccc(C(=O)OCC(=O)c2ccc(N(C)C)cc2)cc1. The zero-order valence-corrected chi connectivity index (χ0v) is 13.3. The molecular weight excluding hydrogens is 290 g/mol. The fourth-order valence-electron chi connectivity index (χ4n) is 2.00. The lowest BCUT2D eigenvalue weighted by atomic mass is 10.1. The zero-order chi connectivity index (χ0) is 16.8. The Balaban J connectivity index is 1.94. The van der Waals surface area contributed by atoms with Crippen molar-refractivity contribution in [2.45, 2.75) is 0 Å². The molecule has 4 heteroatoms. The summed E-state index contributed by atoms with van der Waals surface area (Å²) >= 11 is 0. The number of esters is 1. The summed E-state index contributed by atoms with van der Waals surface area (Å²) in [6.07, 6.45) is 1.69. The van der Waals surface area contributed by atoms with Gasteiger partial charge in [0.25, 0.3) is 0 Å². The van der Waals surface area contributed by atoms with Crippen molar-refractivity contribution < 1.29 is 14.3 Å². The summed E-state index contributed by atoms with van der Waals surface area (Å²) in [4.78, 5) is 25.9. The number of hydrogen-bond acceptors (Lipinski definition) is 4. The quantitative estimate of drug-likeness (QED) is 0.606. The molecule has 0 spiro atoms. The number of nitrogens with zero attached hydrogens (tertiary/aromatic N) is 1. The van der Waals surface area contributed by atoms with Crippen LogP contribution in [0.4, 0.5) is 5.69 Å². The molecule has 0 radical (unpaired) electrons. The number of ether oxygens (including phenoxy) is 1. The van der Waals surface area contributed by atoms with E-state index in [0.717, 1.165) is 11.3 Å². The van der Waals surface area contributed by atoms with E-state index in [0.29, 0.717) is 11.1 Å². The Morgan fingerprint density at radius 2 is 1.57 bits per heavy atom. The monoisotopic (exact) mass is 309 g/mol. The summed E-state index contributed by atoms with van der Waals surface area (Å²) in [5.41, 5.74) is 2.84. The summed E-state index contributed by atoms with van der Waals surface area (Å²) in [6, 6.07) is 14.0. The molecule has 0 N–H and O–H groups in total. The standard InChI is InChI=1S/C19H19NO3/c1-4-14-5-7-16(8-6-14)19(22)23-13-18(21)15-9-11-17(12-10-15)20(2)3/h4-12H,1,13H2,2-3H3. The van der Waals surface area contributed by atoms with Gasteiger partial charge in [-0.2, -0.15) is 0 Å². The molecule has 0 unspecified atom stereocenters. The first-order valence-electron chi connectivity index (χ1n) is 7.21. The summed E-state index contributed by atoms with van der Waals surface area (Å²) < 4.78 is 5.07. The van der Waals surface area contributed by atoms with Crippen LogP contribution in [0, 0.1) is 0 Å². The molecule has 2 aromatic carbocycles. The van der Waals surface area contributed by atoms with Gasteiger partial charge in [-0.3, -0.25) is 4.79 Å². The van der Waals surface area contributed by atoms with E-state index < -0.39 is 5.97 Å². The number of anilines is 1. The average Bonchev–Trinajstić information content (AvgIpc) is 2.59. The van der Waals surface area contributed by atoms with Gasteiger partial charge in [0, 0.05) is 25.3 Å². The van der Waals surface area contributed by atoms with Crippen LogP contribution in [0.25, 0.3) is 6.08 Å². The van der Waals surface area contributed by atoms with E-state index in [1.807, 2.05) is 31.1 Å². The second kappa shape index (κ2) is 7.40. The normalized spacial score (nSPS) is 10.0. The lowest BCUT2D eigenvalue weighted by molar-refractivity contribution is 0.0475. The molecule has 0 amide bonds. The van der Waals surface area contributed by atoms with E-state index in [-0.39, 0.29) is 12.4 Å². The van der Waals surface area contributed by atoms with Gasteiger partial charge < -0.3 is 9.64 Å². The topological polar surface area (TPSA) is 46.6 Å². The molecule has 0 aromatic heterocycles. The minimum Gasteiger partial charge on any atom is -0.454 e. The minimum atomic E-state index is -0.515. The Hall–Kier alpha value is -2.88. The molecule has 0 atom stereocenters. The predicted molar refractivity (Wildman–Crippen MR) is 91.9 cm³/mol. The van der Waals surface area contributed by atoms with Crippen molar-refractivity contribution >= 4 is 23.5 Å². The van der Waals surface area contributed by atoms with Crippen LogP contribution >= 0.6 is 0 Å². The Labute approximate surface area is 136 Å². The van der Waals surface area contributed by atoms with Crippen LogP contribution in [0.2, 0.25) is 0 Å². The van der Waals surface area contributed by atoms with Gasteiger partial charge in [-0.05, 0) is 42.0 Å². The Kier molecular flexibility index (Phi) is 5.31. The highest BCUT2D eigenvalue weighted by molar-refractivity contribution is 5.99. The van der Waals surface area contributed by atoms with E-state index >= 15 is 0 Å². The molecule has 2 rings (SSSR count). The van der Waals surface area contributed by atoms with Gasteiger partial charge in [0.05, 0.1) is 5.56 Å². The number of carbonyl (C=O) groups is 2. The number of rotatable bonds is 6. The maximum absolute atomic E-state index is 12.1. The van der Waals surface area contributed by atoms with Crippen molar-refractivity contribution in [2.24, 2.45) is 0 Å². The molecule has 0 aliphatic rings. The van der Waals surface area contributed by atoms with Crippen LogP contribution in [-0.4, -0.2) is 32.5 Å². The van der Waals surface area contributed by atoms with Crippen LogP contribution in [0.3, 0.4) is 0 Å². The summed E-state index contributed by atoms with van der Waals surface area (Å²) in [7, 11) is 3.85. The minimum absolute atomic E-state index is 0.230. The molecule has 4 nitrogen and oxygen atoms in total. The van der Waals surface area contributed by atoms with Crippen molar-refractivity contribution in [3.05, 3.63) is 71.8 Å². The fourth-order valence-corrected chi connectivity index (χ4v) is 2.00. The van der Waals surface area contributed by atoms with E-state index in [9.17, 15) is 9.59 Å². The maximum atomic E-state index is 12.1. The zero-order valence-electron chi connectivity index (χ0n) is 13.3. The third-order valence-electron chi connectivity index (χ3n) is 3.42. The van der Waals surface area contributed by atoms with Gasteiger partial charge in [-0.15, -0.1) is 0 Å². The second-order valence-electron chi connectivity index (χ2n) is 5.27. The number of carbonyl (C=O) groups excluding carboxylic acids is 2. The largest absolute Gasteiger partial charge is 0.454 e. The van der Waals surface area contributed by atoms with Crippen molar-refractivity contribution in [1.29, 1.82) is 0 Å². The number of Topliss-reactive ketones (excluding diaryl/α,β-unsaturated/α-hetero) is 1. The lowest BCUT2D eigenvalue weighted by Crippen LogP contribution is -2.14. The summed E-state index contributed by atoms with van der Waals surface area (Å²) in [5.74, 6) is -0.745. The van der Waals surface area contributed by atoms with Crippen LogP contribution < -0.4 is 4.90 Å². The smallest absolute Gasteiger partial charge is 0.338 e. The highest BCUT2D eigenvalue weighted by atomic mass is 16.5. The van der Waals surface area contributed by atoms with Gasteiger partial charge in [-0.25, -0.2) is 4.79 Å². The number of ketones is 1. The van der Waals surface area contributed by atoms with Gasteiger partial charge in [-0.1, -0.05) is 24.8 Å². The highest BCUT2D eigenvalue weighted by Crippen LogP contribution is 2.13. The molecule has 0 fully saturated rings. The van der Waals surface area contributed by atoms with Gasteiger partial charge >= 0.3 is 5.97 Å². The summed E-state index contributed by atoms with van der Waals surface area (Å²) in [5, 5.41) is 0. The van der Waals surface area contributed by atoms with Crippen molar-refractivity contribution in [2.75, 3.05) is 25.6 Å². The van der Waals surface area contributed by atoms with Crippen LogP contribution in [0.15, 0.2) is 55.1 Å². The van der Waals surface area contributed by atoms with Crippen LogP contribution in [-0.2, 0) is 4.74 Å². The van der Waals surface area contributed by atoms with E-state index in [1.54, 1.807) is 42.5 Å². The molecule has 23 heavy (non-hydrogen) atoms. The Bertz CT molecular complexity index is 700. The molecule has 118 valence electrons. The van der Waals surface area contributed by atoms with Crippen molar-refractivity contribution in [3.63, 3.8) is 0 Å². The molecule has 0 aliphatic carbocycles. The van der Waals surface area contributed by atoms with Crippen molar-refractivity contribution in [1.82, 2.24) is 0 Å². The van der Waals surface area contributed by atoms with Crippen molar-refractivity contribution in [3.8, 4) is 0 Å². The van der Waals surface area contributed by atoms with E-state index in [2.05, 4.69) is 6.58 Å². The fraction of sp³-hybridized carbons (Fsp3) is 0.158. The highest BCUT2D eigenvalue weighted by Gasteiger charge is 2.12. The number of benzene rings is 2. The molecule has 0 saturated heterocycles. The first-order valence-corrected chi connectivity index (χ1v) is 7.21. The first kappa shape index (κ1) is 16.5. The number of hydrogen-bond donors (Lipinski definition) is 0. The Morgan fingerprint density at radius 3 is 2.09 bits per heavy atom. The average molecular weight is 309 g/mol. The first-order chi connectivity index (χ1) is 11.0. The van der Waals surface area contributed by atoms with Gasteiger partial charge in [0.15, 0.2) is 12.4 Å². The molecule has 0 heterocycles. The second-order valence-corrected chi connectivity index (χ2v) is 5.27. The van der Waals surface area contributed by atoms with E-state index in [1.165, 1.54) is 0 Å². The molecular formula is C19H19NO3. The van der Waals surface area contributed by atoms with Gasteiger partial charge in [0.2, 0.25) is 0 Å². The maximum Gasteiger partial charge on any atom is 0.338 e. The van der Waals surface area contributed by atoms with Crippen LogP contribution in [0.1, 0.15) is 26.3 Å². The Morgan fingerprint density at radius 1 is 1.00 bits per heavy atom. The third kappa shape index (κ3) is 4.30. The molecule has 0 aliphatic heterocycles. The third-order valence-corrected chi connectivity index (χ3v) is 3.42. The lowest BCUT2D eigenvalue weighted by Gasteiger charge is -2.12. The van der Waals surface area contributed by atoms with Gasteiger partial charge in [0.1, 0.15) is 0 Å².